The molecule has 1 saturated heterocycles. The van der Waals surface area contributed by atoms with Crippen LogP contribution < -0.4 is 9.64 Å². The number of aromatic carboxylic acids is 1. The van der Waals surface area contributed by atoms with Gasteiger partial charge in [-0.3, -0.25) is 9.69 Å². The maximum absolute atomic E-state index is 12.3. The Hall–Kier alpha value is -3.52. The Bertz CT molecular complexity index is 1110. The summed E-state index contributed by atoms with van der Waals surface area (Å²) in [6.45, 7) is 2.55. The van der Waals surface area contributed by atoms with Gasteiger partial charge in [-0.15, -0.1) is 0 Å². The molecule has 31 heavy (non-hydrogen) atoms. The number of aromatic nitrogens is 1. The number of carboxylic acids is 2. The molecule has 0 spiro atoms. The molecule has 0 saturated carbocycles. The van der Waals surface area contributed by atoms with E-state index in [4.69, 9.17) is 4.74 Å². The summed E-state index contributed by atoms with van der Waals surface area (Å²) in [4.78, 5) is 27.9. The van der Waals surface area contributed by atoms with Crippen molar-refractivity contribution in [3.63, 3.8) is 0 Å². The molecule has 0 bridgehead atoms. The Morgan fingerprint density at radius 2 is 1.68 bits per heavy atom. The number of methoxy groups -OCH3 is 1. The van der Waals surface area contributed by atoms with E-state index < -0.39 is 18.0 Å². The van der Waals surface area contributed by atoms with E-state index in [2.05, 4.69) is 4.90 Å². The fourth-order valence-corrected chi connectivity index (χ4v) is 4.29. The number of nitrogens with zero attached hydrogens (tertiary/aromatic N) is 3. The second-order valence-corrected chi connectivity index (χ2v) is 7.69. The molecule has 4 rings (SSSR count). The third kappa shape index (κ3) is 3.94. The van der Waals surface area contributed by atoms with Crippen molar-refractivity contribution in [2.75, 3.05) is 38.2 Å². The molecule has 0 aliphatic carbocycles. The normalized spacial score (nSPS) is 15.7. The number of anilines is 1. The lowest BCUT2D eigenvalue weighted by Crippen LogP contribution is -2.49. The molecule has 8 heteroatoms. The molecule has 0 radical (unpaired) electrons. The fourth-order valence-electron chi connectivity index (χ4n) is 4.29. The standard InChI is InChI=1S/C23H25N3O5/c1-24-14-19(18-13-15(22(27)28)3-8-20(18)24)21(23(29)30)26-11-9-25(10-12-26)16-4-6-17(31-2)7-5-16/h3-8,13-14,21H,9-12H2,1-2H3,(H,27,28)(H,29,30)/t21-/m1/s1. The Labute approximate surface area is 179 Å². The van der Waals surface area contributed by atoms with Crippen LogP contribution >= 0.6 is 0 Å². The van der Waals surface area contributed by atoms with Gasteiger partial charge in [0.05, 0.1) is 12.7 Å². The predicted molar refractivity (Wildman–Crippen MR) is 117 cm³/mol. The molecule has 3 aromatic rings. The van der Waals surface area contributed by atoms with E-state index >= 15 is 0 Å². The van der Waals surface area contributed by atoms with Gasteiger partial charge in [0.15, 0.2) is 0 Å². The molecule has 0 unspecified atom stereocenters. The number of hydrogen-bond acceptors (Lipinski definition) is 5. The van der Waals surface area contributed by atoms with Crippen LogP contribution in [-0.4, -0.2) is 64.9 Å². The van der Waals surface area contributed by atoms with Crippen LogP contribution in [0.4, 0.5) is 5.69 Å². The molecular formula is C23H25N3O5. The molecule has 1 atom stereocenters. The predicted octanol–water partition coefficient (Wildman–Crippen LogP) is 2.83. The zero-order valence-electron chi connectivity index (χ0n) is 17.5. The van der Waals surface area contributed by atoms with Crippen molar-refractivity contribution in [3.05, 3.63) is 59.8 Å². The van der Waals surface area contributed by atoms with E-state index in [1.54, 1.807) is 25.4 Å². The van der Waals surface area contributed by atoms with E-state index in [9.17, 15) is 19.8 Å². The minimum absolute atomic E-state index is 0.147. The highest BCUT2D eigenvalue weighted by molar-refractivity contribution is 5.96. The second-order valence-electron chi connectivity index (χ2n) is 7.69. The minimum Gasteiger partial charge on any atom is -0.497 e. The largest absolute Gasteiger partial charge is 0.497 e. The maximum Gasteiger partial charge on any atom is 0.335 e. The van der Waals surface area contributed by atoms with Crippen molar-refractivity contribution in [3.8, 4) is 5.75 Å². The molecule has 1 aliphatic heterocycles. The van der Waals surface area contributed by atoms with Gasteiger partial charge in [-0.1, -0.05) is 0 Å². The van der Waals surface area contributed by atoms with Gasteiger partial charge in [-0.05, 0) is 42.5 Å². The van der Waals surface area contributed by atoms with Gasteiger partial charge >= 0.3 is 11.9 Å². The number of benzene rings is 2. The first-order chi connectivity index (χ1) is 14.9. The summed E-state index contributed by atoms with van der Waals surface area (Å²) in [7, 11) is 3.47. The van der Waals surface area contributed by atoms with Crippen molar-refractivity contribution < 1.29 is 24.5 Å². The van der Waals surface area contributed by atoms with Gasteiger partial charge in [0, 0.05) is 61.6 Å². The van der Waals surface area contributed by atoms with Crippen molar-refractivity contribution in [2.24, 2.45) is 7.05 Å². The SMILES string of the molecule is COc1ccc(N2CCN([C@@H](C(=O)O)c3cn(C)c4ccc(C(=O)O)cc34)CC2)cc1. The number of carbonyl (C=O) groups is 2. The molecule has 0 amide bonds. The summed E-state index contributed by atoms with van der Waals surface area (Å²) in [6, 6.07) is 11.8. The highest BCUT2D eigenvalue weighted by atomic mass is 16.5. The van der Waals surface area contributed by atoms with Crippen LogP contribution in [0, 0.1) is 0 Å². The number of ether oxygens (including phenoxy) is 1. The van der Waals surface area contributed by atoms with Gasteiger partial charge in [-0.2, -0.15) is 0 Å². The average molecular weight is 423 g/mol. The van der Waals surface area contributed by atoms with Crippen LogP contribution in [0.1, 0.15) is 22.0 Å². The van der Waals surface area contributed by atoms with Crippen LogP contribution in [0.15, 0.2) is 48.7 Å². The van der Waals surface area contributed by atoms with E-state index in [0.717, 1.165) is 17.0 Å². The summed E-state index contributed by atoms with van der Waals surface area (Å²) < 4.78 is 7.06. The minimum atomic E-state index is -1.03. The number of carboxylic acid groups (broad SMARTS) is 2. The van der Waals surface area contributed by atoms with Crippen LogP contribution in [0.5, 0.6) is 5.75 Å². The third-order valence-corrected chi connectivity index (χ3v) is 5.91. The van der Waals surface area contributed by atoms with E-state index in [1.165, 1.54) is 6.07 Å². The smallest absolute Gasteiger partial charge is 0.335 e. The number of rotatable bonds is 6. The quantitative estimate of drug-likeness (QED) is 0.629. The van der Waals surface area contributed by atoms with Crippen LogP contribution in [0.25, 0.3) is 10.9 Å². The van der Waals surface area contributed by atoms with Gasteiger partial charge < -0.3 is 24.4 Å². The lowest BCUT2D eigenvalue weighted by molar-refractivity contribution is -0.143. The highest BCUT2D eigenvalue weighted by Crippen LogP contribution is 2.32. The number of aryl methyl sites for hydroxylation is 1. The lowest BCUT2D eigenvalue weighted by Gasteiger charge is -2.38. The third-order valence-electron chi connectivity index (χ3n) is 5.91. The first-order valence-electron chi connectivity index (χ1n) is 10.1. The molecule has 1 fully saturated rings. The number of hydrogen-bond donors (Lipinski definition) is 2. The Morgan fingerprint density at radius 3 is 2.26 bits per heavy atom. The molecule has 162 valence electrons. The molecule has 2 aromatic carbocycles. The first-order valence-corrected chi connectivity index (χ1v) is 10.1. The summed E-state index contributed by atoms with van der Waals surface area (Å²) in [5.74, 6) is -1.17. The van der Waals surface area contributed by atoms with Crippen LogP contribution in [0.3, 0.4) is 0 Å². The number of aliphatic carboxylic acids is 1. The zero-order chi connectivity index (χ0) is 22.1. The van der Waals surface area contributed by atoms with Gasteiger partial charge in [-0.25, -0.2) is 4.79 Å². The van der Waals surface area contributed by atoms with E-state index in [0.29, 0.717) is 37.1 Å². The van der Waals surface area contributed by atoms with Crippen molar-refractivity contribution in [1.82, 2.24) is 9.47 Å². The van der Waals surface area contributed by atoms with Crippen molar-refractivity contribution in [1.29, 1.82) is 0 Å². The Kier molecular flexibility index (Phi) is 5.56. The number of fused-ring (bicyclic) bond motifs is 1. The summed E-state index contributed by atoms with van der Waals surface area (Å²) in [5, 5.41) is 20.1. The summed E-state index contributed by atoms with van der Waals surface area (Å²) >= 11 is 0. The molecule has 1 aromatic heterocycles. The number of piperazine rings is 1. The van der Waals surface area contributed by atoms with Crippen molar-refractivity contribution >= 4 is 28.5 Å². The van der Waals surface area contributed by atoms with E-state index in [1.807, 2.05) is 40.8 Å². The van der Waals surface area contributed by atoms with E-state index in [-0.39, 0.29) is 5.56 Å². The maximum atomic E-state index is 12.3. The van der Waals surface area contributed by atoms with Gasteiger partial charge in [0.25, 0.3) is 0 Å². The average Bonchev–Trinajstić information content (AvgIpc) is 3.09. The molecule has 8 nitrogen and oxygen atoms in total. The Morgan fingerprint density at radius 1 is 1.00 bits per heavy atom. The second kappa shape index (κ2) is 8.31. The van der Waals surface area contributed by atoms with Crippen LogP contribution in [-0.2, 0) is 11.8 Å². The molecule has 2 N–H and O–H groups in total. The monoisotopic (exact) mass is 423 g/mol. The highest BCUT2D eigenvalue weighted by Gasteiger charge is 2.32. The lowest BCUT2D eigenvalue weighted by atomic mass is 10.0. The Balaban J connectivity index is 1.59. The van der Waals surface area contributed by atoms with Gasteiger partial charge in [0.1, 0.15) is 11.8 Å². The topological polar surface area (TPSA) is 95.2 Å². The fraction of sp³-hybridized carbons (Fsp3) is 0.304. The summed E-state index contributed by atoms with van der Waals surface area (Å²) in [6.07, 6.45) is 1.80. The molecule has 1 aliphatic rings. The van der Waals surface area contributed by atoms with Crippen molar-refractivity contribution in [2.45, 2.75) is 6.04 Å². The zero-order valence-corrected chi connectivity index (χ0v) is 17.5. The molecule has 2 heterocycles. The summed E-state index contributed by atoms with van der Waals surface area (Å²) in [5.41, 5.74) is 2.64. The first kappa shape index (κ1) is 20.7. The van der Waals surface area contributed by atoms with Crippen LogP contribution in [0.2, 0.25) is 0 Å². The van der Waals surface area contributed by atoms with Gasteiger partial charge in [0.2, 0.25) is 0 Å². The molecular weight excluding hydrogens is 398 g/mol.